The second kappa shape index (κ2) is 14.3. The summed E-state index contributed by atoms with van der Waals surface area (Å²) >= 11 is 5.37. The van der Waals surface area contributed by atoms with Crippen molar-refractivity contribution in [2.24, 2.45) is 10.8 Å². The highest BCUT2D eigenvalue weighted by Gasteiger charge is 2.36. The average Bonchev–Trinajstić information content (AvgIpc) is 3.30. The van der Waals surface area contributed by atoms with Crippen LogP contribution >= 0.6 is 12.2 Å². The lowest BCUT2D eigenvalue weighted by Crippen LogP contribution is -2.35. The van der Waals surface area contributed by atoms with Gasteiger partial charge in [-0.3, -0.25) is 23.0 Å². The Balaban J connectivity index is 1.66. The molecule has 5 amide bonds. The number of imide groups is 1. The number of hydrogen-bond acceptors (Lipinski definition) is 6. The van der Waals surface area contributed by atoms with Gasteiger partial charge in [-0.2, -0.15) is 0 Å². The lowest BCUT2D eigenvalue weighted by atomic mass is 9.86. The van der Waals surface area contributed by atoms with Gasteiger partial charge in [0.15, 0.2) is 0 Å². The molecule has 0 spiro atoms. The largest absolute Gasteiger partial charge is 0.327 e. The van der Waals surface area contributed by atoms with Crippen molar-refractivity contribution >= 4 is 56.8 Å². The summed E-state index contributed by atoms with van der Waals surface area (Å²) in [5.74, 6) is 1.71. The summed E-state index contributed by atoms with van der Waals surface area (Å²) in [6.45, 7) is 15.0. The first-order valence-electron chi connectivity index (χ1n) is 13.6. The lowest BCUT2D eigenvalue weighted by Gasteiger charge is -2.27. The molecule has 0 aromatic heterocycles. The van der Waals surface area contributed by atoms with E-state index < -0.39 is 21.6 Å². The van der Waals surface area contributed by atoms with E-state index in [0.717, 1.165) is 12.8 Å². The van der Waals surface area contributed by atoms with Gasteiger partial charge in [-0.15, -0.1) is 0 Å². The predicted octanol–water partition coefficient (Wildman–Crippen LogP) is 3.47. The first kappa shape index (κ1) is 32.8. The molecule has 2 unspecified atom stereocenters. The highest BCUT2D eigenvalue weighted by atomic mass is 32.2. The fraction of sp³-hybridized carbons (Fsp3) is 0.846. The molecule has 2 aliphatic heterocycles. The monoisotopic (exact) mass is 590 g/mol. The number of carbonyl (C=O) groups excluding carboxylic acids is 3. The fourth-order valence-electron chi connectivity index (χ4n) is 4.37. The van der Waals surface area contributed by atoms with Crippen LogP contribution in [0.25, 0.3) is 0 Å². The molecule has 0 bridgehead atoms. The Morgan fingerprint density at radius 1 is 0.684 bits per heavy atom. The molecule has 38 heavy (non-hydrogen) atoms. The summed E-state index contributed by atoms with van der Waals surface area (Å²) in [5.41, 5.74) is -0.243. The van der Waals surface area contributed by atoms with Crippen LogP contribution in [0.2, 0.25) is 0 Å². The van der Waals surface area contributed by atoms with Crippen LogP contribution in [-0.2, 0) is 26.4 Å². The molecule has 2 saturated heterocycles. The highest BCUT2D eigenvalue weighted by molar-refractivity contribution is 7.88. The topological polar surface area (TPSA) is 98.3 Å². The van der Waals surface area contributed by atoms with Crippen LogP contribution in [0.4, 0.5) is 9.59 Å². The summed E-state index contributed by atoms with van der Waals surface area (Å²) in [6.07, 6.45) is 2.90. The molecule has 0 aromatic carbocycles. The van der Waals surface area contributed by atoms with Gasteiger partial charge >= 0.3 is 12.1 Å². The summed E-state index contributed by atoms with van der Waals surface area (Å²) in [6, 6.07) is -0.248. The molecule has 2 rings (SSSR count). The van der Waals surface area contributed by atoms with Crippen molar-refractivity contribution in [2.75, 3.05) is 62.3 Å². The van der Waals surface area contributed by atoms with Crippen LogP contribution in [0.1, 0.15) is 67.2 Å². The Morgan fingerprint density at radius 2 is 1.11 bits per heavy atom. The number of nitrogens with zero attached hydrogens (tertiary/aromatic N) is 4. The Hall–Kier alpha value is -1.40. The molecule has 0 aromatic rings. The molecule has 0 aliphatic carbocycles. The SMILES string of the molecule is CCN1CC(=O)N(CCC(C)(C)CCS(=O)CCS(=O)CCC(C)(C)CCN2C(=O)N(CC)CC2=S)C1=O. The Labute approximate surface area is 238 Å². The van der Waals surface area contributed by atoms with E-state index in [0.29, 0.717) is 73.6 Å². The predicted molar refractivity (Wildman–Crippen MR) is 158 cm³/mol. The van der Waals surface area contributed by atoms with E-state index in [1.54, 1.807) is 9.80 Å². The van der Waals surface area contributed by atoms with Crippen molar-refractivity contribution in [1.82, 2.24) is 19.6 Å². The quantitative estimate of drug-likeness (QED) is 0.190. The molecule has 12 heteroatoms. The molecule has 0 radical (unpaired) electrons. The van der Waals surface area contributed by atoms with Crippen LogP contribution < -0.4 is 0 Å². The number of rotatable bonds is 17. The van der Waals surface area contributed by atoms with E-state index in [4.69, 9.17) is 12.2 Å². The van der Waals surface area contributed by atoms with Gasteiger partial charge in [0.1, 0.15) is 11.5 Å². The molecule has 2 aliphatic rings. The Morgan fingerprint density at radius 3 is 1.53 bits per heavy atom. The molecule has 0 saturated carbocycles. The van der Waals surface area contributed by atoms with E-state index in [-0.39, 0.29) is 35.3 Å². The smallest absolute Gasteiger partial charge is 0.318 e. The van der Waals surface area contributed by atoms with Crippen molar-refractivity contribution in [1.29, 1.82) is 0 Å². The Kier molecular flexibility index (Phi) is 12.3. The zero-order chi connectivity index (χ0) is 28.7. The first-order chi connectivity index (χ1) is 17.7. The minimum atomic E-state index is -1.07. The minimum Gasteiger partial charge on any atom is -0.318 e. The number of carbonyl (C=O) groups is 3. The van der Waals surface area contributed by atoms with Crippen molar-refractivity contribution in [3.63, 3.8) is 0 Å². The highest BCUT2D eigenvalue weighted by Crippen LogP contribution is 2.28. The maximum absolute atomic E-state index is 12.6. The molecule has 2 atom stereocenters. The molecule has 2 fully saturated rings. The zero-order valence-corrected chi connectivity index (χ0v) is 26.4. The standard InChI is InChI=1S/C26H46N4O5S3/c1-7-27-19-21(31)29(23(27)32)13-9-25(3,4)11-15-37(34)17-18-38(35)16-12-26(5,6)10-14-30-22(36)20-28(8-2)24(30)33/h7-20H2,1-6H3. The minimum absolute atomic E-state index is 0.0244. The third-order valence-corrected chi connectivity index (χ3v) is 10.8. The van der Waals surface area contributed by atoms with Gasteiger partial charge < -0.3 is 9.80 Å². The first-order valence-corrected chi connectivity index (χ1v) is 17.0. The second-order valence-corrected chi connectivity index (χ2v) is 15.6. The van der Waals surface area contributed by atoms with Crippen LogP contribution in [0.5, 0.6) is 0 Å². The molecular formula is C26H46N4O5S3. The molecular weight excluding hydrogens is 545 g/mol. The van der Waals surface area contributed by atoms with Gasteiger partial charge in [0.25, 0.3) is 0 Å². The summed E-state index contributed by atoms with van der Waals surface area (Å²) < 4.78 is 25.2. The van der Waals surface area contributed by atoms with Gasteiger partial charge in [-0.05, 0) is 50.4 Å². The van der Waals surface area contributed by atoms with Gasteiger partial charge in [-0.25, -0.2) is 9.59 Å². The van der Waals surface area contributed by atoms with Gasteiger partial charge in [0, 0.05) is 70.8 Å². The molecule has 2 heterocycles. The van der Waals surface area contributed by atoms with E-state index in [1.165, 1.54) is 9.80 Å². The maximum Gasteiger partial charge on any atom is 0.327 e. The number of amides is 5. The van der Waals surface area contributed by atoms with Crippen LogP contribution in [0.3, 0.4) is 0 Å². The number of thiocarbonyl (C=S) groups is 1. The van der Waals surface area contributed by atoms with Gasteiger partial charge in [0.05, 0.1) is 6.54 Å². The maximum atomic E-state index is 12.6. The van der Waals surface area contributed by atoms with Crippen molar-refractivity contribution in [3.05, 3.63) is 0 Å². The zero-order valence-electron chi connectivity index (χ0n) is 24.0. The molecule has 218 valence electrons. The third-order valence-electron chi connectivity index (χ3n) is 7.60. The third kappa shape index (κ3) is 9.66. The van der Waals surface area contributed by atoms with Crippen LogP contribution in [-0.4, -0.2) is 113 Å². The summed E-state index contributed by atoms with van der Waals surface area (Å²) in [7, 11) is -2.12. The fourth-order valence-corrected chi connectivity index (χ4v) is 8.15. The summed E-state index contributed by atoms with van der Waals surface area (Å²) in [5, 5.41) is 0. The van der Waals surface area contributed by atoms with E-state index >= 15 is 0 Å². The number of likely N-dealkylation sites (N-methyl/N-ethyl adjacent to an activating group) is 2. The normalized spacial score (nSPS) is 18.8. The van der Waals surface area contributed by atoms with Crippen molar-refractivity contribution in [2.45, 2.75) is 67.2 Å². The lowest BCUT2D eigenvalue weighted by molar-refractivity contribution is -0.125. The van der Waals surface area contributed by atoms with Crippen molar-refractivity contribution < 1.29 is 22.8 Å². The average molecular weight is 591 g/mol. The van der Waals surface area contributed by atoms with E-state index in [2.05, 4.69) is 27.7 Å². The second-order valence-electron chi connectivity index (χ2n) is 11.7. The number of hydrogen-bond donors (Lipinski definition) is 0. The van der Waals surface area contributed by atoms with Crippen LogP contribution in [0.15, 0.2) is 0 Å². The van der Waals surface area contributed by atoms with Crippen molar-refractivity contribution in [3.8, 4) is 0 Å². The van der Waals surface area contributed by atoms with Crippen LogP contribution in [0, 0.1) is 10.8 Å². The Bertz CT molecular complexity index is 866. The summed E-state index contributed by atoms with van der Waals surface area (Å²) in [4.78, 5) is 43.7. The van der Waals surface area contributed by atoms with E-state index in [1.807, 2.05) is 13.8 Å². The van der Waals surface area contributed by atoms with E-state index in [9.17, 15) is 22.8 Å². The molecule has 9 nitrogen and oxygen atoms in total. The van der Waals surface area contributed by atoms with Gasteiger partial charge in [-0.1, -0.05) is 39.9 Å². The molecule has 0 N–H and O–H groups in total. The number of urea groups is 2. The van der Waals surface area contributed by atoms with Gasteiger partial charge in [0.2, 0.25) is 5.91 Å².